The van der Waals surface area contributed by atoms with Gasteiger partial charge in [-0.15, -0.1) is 0 Å². The van der Waals surface area contributed by atoms with Crippen molar-refractivity contribution < 1.29 is 14.7 Å². The van der Waals surface area contributed by atoms with Gasteiger partial charge in [-0.3, -0.25) is 0 Å². The Morgan fingerprint density at radius 1 is 1.55 bits per heavy atom. The number of carboxylic acids is 1. The van der Waals surface area contributed by atoms with E-state index in [-0.39, 0.29) is 12.5 Å². The Morgan fingerprint density at radius 2 is 2.25 bits per heavy atom. The number of hydrogen-bond acceptors (Lipinski definition) is 4. The molecular weight excluding hydrogens is 262 g/mol. The topological polar surface area (TPSA) is 109 Å². The van der Waals surface area contributed by atoms with Gasteiger partial charge in [-0.05, 0) is 32.6 Å². The third-order valence-corrected chi connectivity index (χ3v) is 3.61. The van der Waals surface area contributed by atoms with Crippen LogP contribution < -0.4 is 10.6 Å². The van der Waals surface area contributed by atoms with Crippen LogP contribution in [-0.2, 0) is 17.9 Å². The van der Waals surface area contributed by atoms with Gasteiger partial charge < -0.3 is 15.7 Å². The molecule has 3 N–H and O–H groups in total. The van der Waals surface area contributed by atoms with Gasteiger partial charge in [-0.2, -0.15) is 5.10 Å². The number of urea groups is 1. The van der Waals surface area contributed by atoms with E-state index in [4.69, 9.17) is 0 Å². The Labute approximate surface area is 116 Å². The van der Waals surface area contributed by atoms with Crippen LogP contribution in [0.2, 0.25) is 0 Å². The number of aliphatic carboxylic acids is 1. The van der Waals surface area contributed by atoms with Crippen molar-refractivity contribution in [3.8, 4) is 0 Å². The molecule has 2 amide bonds. The number of carbonyl (C=O) groups excluding carboxylic acids is 1. The molecule has 0 bridgehead atoms. The Morgan fingerprint density at radius 3 is 2.80 bits per heavy atom. The van der Waals surface area contributed by atoms with Crippen LogP contribution in [-0.4, -0.2) is 37.4 Å². The number of aryl methyl sites for hydroxylation is 1. The number of hydrogen-bond donors (Lipinski definition) is 3. The third kappa shape index (κ3) is 2.89. The second-order valence-electron chi connectivity index (χ2n) is 5.08. The second kappa shape index (κ2) is 5.48. The largest absolute Gasteiger partial charge is 0.480 e. The Hall–Kier alpha value is -2.12. The first-order chi connectivity index (χ1) is 9.47. The van der Waals surface area contributed by atoms with Crippen LogP contribution in [0, 0.1) is 5.92 Å². The Bertz CT molecular complexity index is 511. The summed E-state index contributed by atoms with van der Waals surface area (Å²) < 4.78 is 1.66. The van der Waals surface area contributed by atoms with Gasteiger partial charge in [0.1, 0.15) is 17.7 Å². The van der Waals surface area contributed by atoms with Crippen molar-refractivity contribution in [2.24, 2.45) is 5.92 Å². The maximum absolute atomic E-state index is 11.8. The third-order valence-electron chi connectivity index (χ3n) is 3.61. The summed E-state index contributed by atoms with van der Waals surface area (Å²) in [4.78, 5) is 27.2. The molecule has 8 heteroatoms. The Balaban J connectivity index is 1.90. The summed E-state index contributed by atoms with van der Waals surface area (Å²) in [6.45, 7) is 4.33. The predicted molar refractivity (Wildman–Crippen MR) is 69.8 cm³/mol. The number of aromatic nitrogens is 3. The van der Waals surface area contributed by atoms with Gasteiger partial charge in [0, 0.05) is 6.54 Å². The van der Waals surface area contributed by atoms with Gasteiger partial charge in [0.25, 0.3) is 0 Å². The lowest BCUT2D eigenvalue weighted by molar-refractivity contribution is -0.144. The van der Waals surface area contributed by atoms with Gasteiger partial charge >= 0.3 is 12.0 Å². The standard InChI is InChI=1S/C12H19N5O3/c1-3-17-9(14-7-15-17)6-13-11(20)16-12(2,10(18)19)8-4-5-8/h7-8H,3-6H2,1-2H3,(H,18,19)(H2,13,16,20). The van der Waals surface area contributed by atoms with E-state index in [0.29, 0.717) is 12.4 Å². The maximum Gasteiger partial charge on any atom is 0.329 e. The van der Waals surface area contributed by atoms with E-state index in [1.807, 2.05) is 6.92 Å². The fourth-order valence-corrected chi connectivity index (χ4v) is 2.12. The summed E-state index contributed by atoms with van der Waals surface area (Å²) in [5.74, 6) is -0.372. The van der Waals surface area contributed by atoms with Crippen molar-refractivity contribution in [3.63, 3.8) is 0 Å². The number of nitrogens with one attached hydrogen (secondary N) is 2. The molecule has 0 radical (unpaired) electrons. The average Bonchev–Trinajstić information content (AvgIpc) is 3.16. The molecule has 0 saturated heterocycles. The highest BCUT2D eigenvalue weighted by atomic mass is 16.4. The summed E-state index contributed by atoms with van der Waals surface area (Å²) in [5.41, 5.74) is -1.21. The van der Waals surface area contributed by atoms with E-state index in [9.17, 15) is 14.7 Å². The highest BCUT2D eigenvalue weighted by Crippen LogP contribution is 2.39. The highest BCUT2D eigenvalue weighted by molar-refractivity contribution is 5.86. The lowest BCUT2D eigenvalue weighted by atomic mass is 9.96. The number of carboxylic acid groups (broad SMARTS) is 1. The van der Waals surface area contributed by atoms with E-state index in [1.54, 1.807) is 11.6 Å². The molecule has 1 unspecified atom stereocenters. The van der Waals surface area contributed by atoms with E-state index in [0.717, 1.165) is 12.8 Å². The van der Waals surface area contributed by atoms with Crippen molar-refractivity contribution in [1.29, 1.82) is 0 Å². The molecule has 0 aliphatic heterocycles. The molecule has 0 spiro atoms. The minimum Gasteiger partial charge on any atom is -0.480 e. The van der Waals surface area contributed by atoms with Crippen molar-refractivity contribution >= 4 is 12.0 Å². The molecule has 8 nitrogen and oxygen atoms in total. The fourth-order valence-electron chi connectivity index (χ4n) is 2.12. The lowest BCUT2D eigenvalue weighted by Gasteiger charge is -2.26. The van der Waals surface area contributed by atoms with Crippen LogP contribution in [0.15, 0.2) is 6.33 Å². The molecule has 1 aliphatic rings. The summed E-state index contributed by atoms with van der Waals surface area (Å²) in [7, 11) is 0. The molecule has 1 saturated carbocycles. The van der Waals surface area contributed by atoms with E-state index in [1.165, 1.54) is 6.33 Å². The summed E-state index contributed by atoms with van der Waals surface area (Å²) >= 11 is 0. The van der Waals surface area contributed by atoms with Crippen LogP contribution in [0.1, 0.15) is 32.5 Å². The zero-order valence-corrected chi connectivity index (χ0v) is 11.6. The lowest BCUT2D eigenvalue weighted by Crippen LogP contribution is -2.56. The molecule has 1 aromatic heterocycles. The van der Waals surface area contributed by atoms with Crippen LogP contribution in [0.5, 0.6) is 0 Å². The SMILES string of the molecule is CCn1ncnc1CNC(=O)NC(C)(C(=O)O)C1CC1. The first-order valence-corrected chi connectivity index (χ1v) is 6.63. The molecule has 110 valence electrons. The Kier molecular flexibility index (Phi) is 3.91. The number of carbonyl (C=O) groups is 2. The molecule has 2 rings (SSSR count). The summed E-state index contributed by atoms with van der Waals surface area (Å²) in [6, 6.07) is -0.507. The van der Waals surface area contributed by atoms with E-state index in [2.05, 4.69) is 20.7 Å². The summed E-state index contributed by atoms with van der Waals surface area (Å²) in [6.07, 6.45) is 3.07. The fraction of sp³-hybridized carbons (Fsp3) is 0.667. The van der Waals surface area contributed by atoms with E-state index < -0.39 is 17.5 Å². The molecule has 20 heavy (non-hydrogen) atoms. The van der Waals surface area contributed by atoms with Gasteiger partial charge in [0.2, 0.25) is 0 Å². The quantitative estimate of drug-likeness (QED) is 0.697. The van der Waals surface area contributed by atoms with E-state index >= 15 is 0 Å². The van der Waals surface area contributed by atoms with Gasteiger partial charge in [-0.1, -0.05) is 0 Å². The molecule has 1 aromatic rings. The first kappa shape index (κ1) is 14.3. The molecular formula is C12H19N5O3. The highest BCUT2D eigenvalue weighted by Gasteiger charge is 2.48. The van der Waals surface area contributed by atoms with Gasteiger partial charge in [0.05, 0.1) is 6.54 Å². The summed E-state index contributed by atoms with van der Waals surface area (Å²) in [5, 5.41) is 18.4. The minimum absolute atomic E-state index is 0.00467. The number of amides is 2. The second-order valence-corrected chi connectivity index (χ2v) is 5.08. The maximum atomic E-state index is 11.8. The molecule has 1 aliphatic carbocycles. The van der Waals surface area contributed by atoms with Crippen molar-refractivity contribution in [1.82, 2.24) is 25.4 Å². The van der Waals surface area contributed by atoms with Crippen molar-refractivity contribution in [2.45, 2.75) is 45.3 Å². The normalized spacial score (nSPS) is 17.3. The average molecular weight is 281 g/mol. The van der Waals surface area contributed by atoms with Crippen LogP contribution in [0.25, 0.3) is 0 Å². The smallest absolute Gasteiger partial charge is 0.329 e. The van der Waals surface area contributed by atoms with Crippen molar-refractivity contribution in [2.75, 3.05) is 0 Å². The predicted octanol–water partition coefficient (Wildman–Crippen LogP) is 0.350. The van der Waals surface area contributed by atoms with Crippen LogP contribution >= 0.6 is 0 Å². The van der Waals surface area contributed by atoms with Gasteiger partial charge in [-0.25, -0.2) is 19.3 Å². The number of nitrogens with zero attached hydrogens (tertiary/aromatic N) is 3. The molecule has 1 atom stereocenters. The van der Waals surface area contributed by atoms with Crippen LogP contribution in [0.3, 0.4) is 0 Å². The zero-order valence-electron chi connectivity index (χ0n) is 11.6. The zero-order chi connectivity index (χ0) is 14.8. The van der Waals surface area contributed by atoms with Crippen molar-refractivity contribution in [3.05, 3.63) is 12.2 Å². The molecule has 0 aromatic carbocycles. The number of rotatable bonds is 6. The molecule has 1 fully saturated rings. The molecule has 1 heterocycles. The minimum atomic E-state index is -1.21. The van der Waals surface area contributed by atoms with Crippen LogP contribution in [0.4, 0.5) is 4.79 Å². The monoisotopic (exact) mass is 281 g/mol. The van der Waals surface area contributed by atoms with Gasteiger partial charge in [0.15, 0.2) is 0 Å². The first-order valence-electron chi connectivity index (χ1n) is 6.63.